The SMILES string of the molecule is Cc1ccc(O)c2c1C1C=CCC1C(c1ccccc1[N+](=O)[O-])N2. The Morgan fingerprint density at radius 2 is 2.04 bits per heavy atom. The number of rotatable bonds is 2. The van der Waals surface area contributed by atoms with Crippen molar-refractivity contribution in [2.24, 2.45) is 5.92 Å². The van der Waals surface area contributed by atoms with Crippen molar-refractivity contribution in [2.75, 3.05) is 5.32 Å². The molecular weight excluding hydrogens is 304 g/mol. The maximum atomic E-state index is 11.4. The number of hydrogen-bond acceptors (Lipinski definition) is 4. The van der Waals surface area contributed by atoms with Gasteiger partial charge in [-0.15, -0.1) is 0 Å². The summed E-state index contributed by atoms with van der Waals surface area (Å²) in [6.45, 7) is 2.04. The molecule has 0 fully saturated rings. The standard InChI is InChI=1S/C19H18N2O3/c1-11-9-10-16(22)19-17(11)12-6-4-7-13(12)18(20-19)14-5-2-3-8-15(14)21(23)24/h2-6,8-10,12-13,18,20,22H,7H2,1H3. The number of nitro benzene ring substituents is 1. The number of aryl methyl sites for hydroxylation is 1. The second-order valence-electron chi connectivity index (χ2n) is 6.48. The van der Waals surface area contributed by atoms with Crippen molar-refractivity contribution < 1.29 is 10.0 Å². The van der Waals surface area contributed by atoms with Crippen LogP contribution >= 0.6 is 0 Å². The number of aromatic hydroxyl groups is 1. The molecule has 0 saturated carbocycles. The summed E-state index contributed by atoms with van der Waals surface area (Å²) in [6, 6.07) is 10.3. The maximum Gasteiger partial charge on any atom is 0.274 e. The molecule has 2 aliphatic rings. The molecule has 122 valence electrons. The largest absolute Gasteiger partial charge is 0.506 e. The van der Waals surface area contributed by atoms with Crippen LogP contribution in [0.25, 0.3) is 0 Å². The molecule has 3 unspecified atom stereocenters. The number of benzene rings is 2. The van der Waals surface area contributed by atoms with Gasteiger partial charge in [-0.1, -0.05) is 36.4 Å². The summed E-state index contributed by atoms with van der Waals surface area (Å²) in [7, 11) is 0. The molecular formula is C19H18N2O3. The first-order valence-corrected chi connectivity index (χ1v) is 8.07. The molecule has 0 amide bonds. The third-order valence-corrected chi connectivity index (χ3v) is 5.18. The molecule has 0 spiro atoms. The molecule has 0 aromatic heterocycles. The number of hydrogen-bond donors (Lipinski definition) is 2. The summed E-state index contributed by atoms with van der Waals surface area (Å²) < 4.78 is 0. The molecule has 1 aliphatic heterocycles. The van der Waals surface area contributed by atoms with Crippen LogP contribution in [-0.4, -0.2) is 10.0 Å². The number of nitrogens with zero attached hydrogens (tertiary/aromatic N) is 1. The molecule has 24 heavy (non-hydrogen) atoms. The van der Waals surface area contributed by atoms with Gasteiger partial charge < -0.3 is 10.4 Å². The van der Waals surface area contributed by atoms with Crippen LogP contribution in [0.5, 0.6) is 5.75 Å². The Kier molecular flexibility index (Phi) is 3.30. The van der Waals surface area contributed by atoms with Crippen molar-refractivity contribution >= 4 is 11.4 Å². The van der Waals surface area contributed by atoms with E-state index in [9.17, 15) is 15.2 Å². The second kappa shape index (κ2) is 5.37. The maximum absolute atomic E-state index is 11.4. The van der Waals surface area contributed by atoms with E-state index in [2.05, 4.69) is 17.5 Å². The van der Waals surface area contributed by atoms with Gasteiger partial charge >= 0.3 is 0 Å². The third-order valence-electron chi connectivity index (χ3n) is 5.18. The number of nitro groups is 1. The fourth-order valence-electron chi connectivity index (χ4n) is 4.11. The van der Waals surface area contributed by atoms with Gasteiger partial charge in [0.15, 0.2) is 0 Å². The Labute approximate surface area is 139 Å². The minimum absolute atomic E-state index is 0.122. The number of anilines is 1. The van der Waals surface area contributed by atoms with Crippen LogP contribution in [0.4, 0.5) is 11.4 Å². The van der Waals surface area contributed by atoms with Crippen LogP contribution in [0.1, 0.15) is 35.1 Å². The zero-order chi connectivity index (χ0) is 16.8. The molecule has 0 saturated heterocycles. The molecule has 2 N–H and O–H groups in total. The number of nitrogens with one attached hydrogen (secondary N) is 1. The minimum Gasteiger partial charge on any atom is -0.506 e. The lowest BCUT2D eigenvalue weighted by molar-refractivity contribution is -0.385. The topological polar surface area (TPSA) is 75.4 Å². The van der Waals surface area contributed by atoms with Gasteiger partial charge in [0.1, 0.15) is 5.75 Å². The molecule has 4 rings (SSSR count). The highest BCUT2D eigenvalue weighted by Gasteiger charge is 2.41. The van der Waals surface area contributed by atoms with Gasteiger partial charge in [0.2, 0.25) is 0 Å². The molecule has 5 nitrogen and oxygen atoms in total. The van der Waals surface area contributed by atoms with Crippen molar-refractivity contribution in [1.29, 1.82) is 0 Å². The van der Waals surface area contributed by atoms with Gasteiger partial charge in [-0.3, -0.25) is 10.1 Å². The highest BCUT2D eigenvalue weighted by atomic mass is 16.6. The Hall–Kier alpha value is -2.82. The highest BCUT2D eigenvalue weighted by molar-refractivity contribution is 5.70. The van der Waals surface area contributed by atoms with Crippen LogP contribution in [0.3, 0.4) is 0 Å². The van der Waals surface area contributed by atoms with Crippen molar-refractivity contribution in [3.05, 3.63) is 75.4 Å². The molecule has 5 heteroatoms. The monoisotopic (exact) mass is 322 g/mol. The summed E-state index contributed by atoms with van der Waals surface area (Å²) in [6.07, 6.45) is 5.17. The number of para-hydroxylation sites is 1. The Morgan fingerprint density at radius 3 is 2.83 bits per heavy atom. The van der Waals surface area contributed by atoms with Crippen LogP contribution in [0, 0.1) is 23.0 Å². The lowest BCUT2D eigenvalue weighted by atomic mass is 9.75. The van der Waals surface area contributed by atoms with E-state index in [0.717, 1.165) is 17.5 Å². The number of phenolic OH excluding ortho intramolecular Hbond substituents is 1. The van der Waals surface area contributed by atoms with E-state index in [-0.39, 0.29) is 34.2 Å². The summed E-state index contributed by atoms with van der Waals surface area (Å²) >= 11 is 0. The minimum atomic E-state index is -0.333. The normalized spacial score (nSPS) is 24.1. The van der Waals surface area contributed by atoms with E-state index >= 15 is 0 Å². The zero-order valence-electron chi connectivity index (χ0n) is 13.3. The van der Waals surface area contributed by atoms with Gasteiger partial charge in [-0.2, -0.15) is 0 Å². The van der Waals surface area contributed by atoms with Gasteiger partial charge in [0, 0.05) is 12.0 Å². The summed E-state index contributed by atoms with van der Waals surface area (Å²) in [5.74, 6) is 0.565. The van der Waals surface area contributed by atoms with Crippen molar-refractivity contribution in [1.82, 2.24) is 0 Å². The molecule has 1 heterocycles. The summed E-state index contributed by atoms with van der Waals surface area (Å²) in [5.41, 5.74) is 3.72. The van der Waals surface area contributed by atoms with Gasteiger partial charge in [0.25, 0.3) is 5.69 Å². The highest BCUT2D eigenvalue weighted by Crippen LogP contribution is 2.53. The first-order valence-electron chi connectivity index (χ1n) is 8.07. The molecule has 3 atom stereocenters. The van der Waals surface area contributed by atoms with Crippen molar-refractivity contribution in [3.8, 4) is 5.75 Å². The van der Waals surface area contributed by atoms with Crippen molar-refractivity contribution in [2.45, 2.75) is 25.3 Å². The molecule has 2 aromatic rings. The van der Waals surface area contributed by atoms with Gasteiger partial charge in [0.05, 0.1) is 22.2 Å². The molecule has 0 bridgehead atoms. The van der Waals surface area contributed by atoms with E-state index in [1.165, 1.54) is 0 Å². The second-order valence-corrected chi connectivity index (χ2v) is 6.48. The van der Waals surface area contributed by atoms with Crippen LogP contribution in [0.2, 0.25) is 0 Å². The zero-order valence-corrected chi connectivity index (χ0v) is 13.3. The Bertz CT molecular complexity index is 860. The molecule has 1 aliphatic carbocycles. The van der Waals surface area contributed by atoms with Crippen molar-refractivity contribution in [3.63, 3.8) is 0 Å². The fourth-order valence-corrected chi connectivity index (χ4v) is 4.11. The smallest absolute Gasteiger partial charge is 0.274 e. The average Bonchev–Trinajstić information content (AvgIpc) is 3.06. The number of allylic oxidation sites excluding steroid dienone is 2. The fraction of sp³-hybridized carbons (Fsp3) is 0.263. The van der Waals surface area contributed by atoms with E-state index in [4.69, 9.17) is 0 Å². The van der Waals surface area contributed by atoms with Crippen LogP contribution in [-0.2, 0) is 0 Å². The quantitative estimate of drug-likeness (QED) is 0.371. The molecule has 0 radical (unpaired) electrons. The first kappa shape index (κ1) is 14.8. The van der Waals surface area contributed by atoms with E-state index in [0.29, 0.717) is 11.3 Å². The summed E-state index contributed by atoms with van der Waals surface area (Å²) in [5, 5.41) is 25.2. The van der Waals surface area contributed by atoms with E-state index in [1.54, 1.807) is 18.2 Å². The lowest BCUT2D eigenvalue weighted by Gasteiger charge is -2.38. The molecule has 2 aromatic carbocycles. The van der Waals surface area contributed by atoms with Gasteiger partial charge in [-0.25, -0.2) is 0 Å². The average molecular weight is 322 g/mol. The number of fused-ring (bicyclic) bond motifs is 3. The third kappa shape index (κ3) is 2.08. The number of phenols is 1. The van der Waals surface area contributed by atoms with Gasteiger partial charge in [-0.05, 0) is 36.5 Å². The Morgan fingerprint density at radius 1 is 1.25 bits per heavy atom. The predicted octanol–water partition coefficient (Wildman–Crippen LogP) is 4.44. The predicted molar refractivity (Wildman–Crippen MR) is 92.3 cm³/mol. The Balaban J connectivity index is 1.88. The van der Waals surface area contributed by atoms with Crippen LogP contribution < -0.4 is 5.32 Å². The summed E-state index contributed by atoms with van der Waals surface area (Å²) in [4.78, 5) is 11.1. The first-order chi connectivity index (χ1) is 11.6. The van der Waals surface area contributed by atoms with E-state index in [1.807, 2.05) is 25.1 Å². The van der Waals surface area contributed by atoms with Crippen LogP contribution in [0.15, 0.2) is 48.6 Å². The van der Waals surface area contributed by atoms with E-state index < -0.39 is 0 Å². The lowest BCUT2D eigenvalue weighted by Crippen LogP contribution is -2.30.